The van der Waals surface area contributed by atoms with Crippen LogP contribution in [0.25, 0.3) is 0 Å². The minimum atomic E-state index is -0.460. The molecule has 8 heteroatoms. The average molecular weight is 377 g/mol. The minimum Gasteiger partial charge on any atom is -0.442 e. The van der Waals surface area contributed by atoms with Gasteiger partial charge >= 0.3 is 6.09 Å². The van der Waals surface area contributed by atoms with Gasteiger partial charge in [-0.05, 0) is 43.0 Å². The maximum Gasteiger partial charge on any atom is 0.414 e. The third kappa shape index (κ3) is 4.13. The molecule has 140 valence electrons. The molecule has 0 aromatic heterocycles. The molecule has 2 N–H and O–H groups in total. The summed E-state index contributed by atoms with van der Waals surface area (Å²) < 4.78 is 5.39. The Morgan fingerprint density at radius 3 is 2.77 bits per heavy atom. The molecule has 1 aromatic rings. The van der Waals surface area contributed by atoms with Crippen LogP contribution in [0.5, 0.6) is 0 Å². The number of rotatable bonds is 4. The van der Waals surface area contributed by atoms with E-state index < -0.39 is 6.61 Å². The summed E-state index contributed by atoms with van der Waals surface area (Å²) in [6.45, 7) is 3.48. The lowest BCUT2D eigenvalue weighted by Crippen LogP contribution is -2.35. The molecule has 3 rings (SSSR count). The molecule has 2 aliphatic heterocycles. The SMILES string of the molecule is CC(=S)NC[C@H]1CN(c2ccc3c(c2)CCN(C(=O)CO)CC3)C(=O)O1. The first-order valence-corrected chi connectivity index (χ1v) is 9.11. The molecule has 1 saturated heterocycles. The van der Waals surface area contributed by atoms with Crippen LogP contribution in [-0.2, 0) is 22.4 Å². The molecule has 7 nitrogen and oxygen atoms in total. The molecule has 0 aliphatic carbocycles. The Labute approximate surface area is 157 Å². The van der Waals surface area contributed by atoms with E-state index in [4.69, 9.17) is 22.1 Å². The molecule has 0 saturated carbocycles. The highest BCUT2D eigenvalue weighted by Crippen LogP contribution is 2.26. The van der Waals surface area contributed by atoms with Gasteiger partial charge in [-0.25, -0.2) is 4.79 Å². The Hall–Kier alpha value is -2.19. The molecular formula is C18H23N3O4S. The average Bonchev–Trinajstić information content (AvgIpc) is 2.87. The second-order valence-electron chi connectivity index (χ2n) is 6.55. The van der Waals surface area contributed by atoms with Gasteiger partial charge in [-0.3, -0.25) is 9.69 Å². The monoisotopic (exact) mass is 377 g/mol. The Morgan fingerprint density at radius 1 is 1.35 bits per heavy atom. The fourth-order valence-corrected chi connectivity index (χ4v) is 3.41. The highest BCUT2D eigenvalue weighted by Gasteiger charge is 2.32. The fourth-order valence-electron chi connectivity index (χ4n) is 3.33. The van der Waals surface area contributed by atoms with Gasteiger partial charge in [0.15, 0.2) is 0 Å². The number of carbonyl (C=O) groups is 2. The van der Waals surface area contributed by atoms with Crippen LogP contribution in [0.2, 0.25) is 0 Å². The summed E-state index contributed by atoms with van der Waals surface area (Å²) in [6.07, 6.45) is 0.848. The number of carbonyl (C=O) groups excluding carboxylic acids is 2. The molecule has 1 atom stereocenters. The van der Waals surface area contributed by atoms with Gasteiger partial charge in [-0.1, -0.05) is 18.3 Å². The van der Waals surface area contributed by atoms with Crippen LogP contribution in [0.4, 0.5) is 10.5 Å². The van der Waals surface area contributed by atoms with E-state index in [1.807, 2.05) is 18.2 Å². The van der Waals surface area contributed by atoms with Gasteiger partial charge < -0.3 is 20.1 Å². The predicted octanol–water partition coefficient (Wildman–Crippen LogP) is 0.868. The van der Waals surface area contributed by atoms with Crippen LogP contribution in [0.1, 0.15) is 18.1 Å². The van der Waals surface area contributed by atoms with Gasteiger partial charge in [0.05, 0.1) is 18.1 Å². The van der Waals surface area contributed by atoms with E-state index in [1.54, 1.807) is 16.7 Å². The van der Waals surface area contributed by atoms with Crippen molar-refractivity contribution in [2.75, 3.05) is 37.7 Å². The molecule has 26 heavy (non-hydrogen) atoms. The van der Waals surface area contributed by atoms with Crippen molar-refractivity contribution >= 4 is 34.9 Å². The highest BCUT2D eigenvalue weighted by atomic mass is 32.1. The van der Waals surface area contributed by atoms with E-state index >= 15 is 0 Å². The summed E-state index contributed by atoms with van der Waals surface area (Å²) in [5.74, 6) is -0.245. The molecule has 0 spiro atoms. The number of hydrogen-bond donors (Lipinski definition) is 2. The van der Waals surface area contributed by atoms with Crippen LogP contribution in [0, 0.1) is 0 Å². The highest BCUT2D eigenvalue weighted by molar-refractivity contribution is 7.80. The van der Waals surface area contributed by atoms with E-state index in [9.17, 15) is 9.59 Å². The number of cyclic esters (lactones) is 1. The summed E-state index contributed by atoms with van der Waals surface area (Å²) in [7, 11) is 0. The zero-order valence-electron chi connectivity index (χ0n) is 14.7. The molecular weight excluding hydrogens is 354 g/mol. The van der Waals surface area contributed by atoms with E-state index in [-0.39, 0.29) is 18.1 Å². The molecule has 2 heterocycles. The second kappa shape index (κ2) is 8.01. The van der Waals surface area contributed by atoms with Crippen LogP contribution in [-0.4, -0.2) is 65.9 Å². The first-order valence-electron chi connectivity index (χ1n) is 8.71. The third-order valence-electron chi connectivity index (χ3n) is 4.74. The number of aliphatic hydroxyl groups excluding tert-OH is 1. The lowest BCUT2D eigenvalue weighted by Gasteiger charge is -2.18. The molecule has 1 aromatic carbocycles. The van der Waals surface area contributed by atoms with Gasteiger partial charge in [-0.15, -0.1) is 0 Å². The topological polar surface area (TPSA) is 82.1 Å². The zero-order valence-corrected chi connectivity index (χ0v) is 15.6. The van der Waals surface area contributed by atoms with Gasteiger partial charge in [-0.2, -0.15) is 0 Å². The van der Waals surface area contributed by atoms with E-state index in [0.29, 0.717) is 37.6 Å². The smallest absolute Gasteiger partial charge is 0.414 e. The second-order valence-corrected chi connectivity index (χ2v) is 7.16. The zero-order chi connectivity index (χ0) is 18.7. The first-order chi connectivity index (χ1) is 12.5. The van der Waals surface area contributed by atoms with Crippen molar-refractivity contribution in [3.05, 3.63) is 29.3 Å². The van der Waals surface area contributed by atoms with Crippen LogP contribution < -0.4 is 10.2 Å². The summed E-state index contributed by atoms with van der Waals surface area (Å²) in [5, 5.41) is 12.1. The standard InChI is InChI=1S/C18H23N3O4S/c1-12(26)19-9-16-10-21(18(24)25-16)15-3-2-13-4-6-20(17(23)11-22)7-5-14(13)8-15/h2-3,8,16,22H,4-7,9-11H2,1H3,(H,19,26)/t16-/m0/s1. The summed E-state index contributed by atoms with van der Waals surface area (Å²) in [5.41, 5.74) is 3.10. The van der Waals surface area contributed by atoms with Gasteiger partial charge in [0.1, 0.15) is 12.7 Å². The molecule has 1 fully saturated rings. The molecule has 0 radical (unpaired) electrons. The van der Waals surface area contributed by atoms with E-state index in [0.717, 1.165) is 17.7 Å². The van der Waals surface area contributed by atoms with Crippen molar-refractivity contribution < 1.29 is 19.4 Å². The van der Waals surface area contributed by atoms with Crippen LogP contribution in [0.15, 0.2) is 18.2 Å². The van der Waals surface area contributed by atoms with Crippen molar-refractivity contribution in [3.8, 4) is 0 Å². The fraction of sp³-hybridized carbons (Fsp3) is 0.500. The number of amides is 2. The van der Waals surface area contributed by atoms with Crippen molar-refractivity contribution in [1.82, 2.24) is 10.2 Å². The van der Waals surface area contributed by atoms with Gasteiger partial charge in [0.2, 0.25) is 5.91 Å². The van der Waals surface area contributed by atoms with Gasteiger partial charge in [0.25, 0.3) is 0 Å². The Balaban J connectivity index is 1.70. The summed E-state index contributed by atoms with van der Waals surface area (Å²) >= 11 is 4.99. The lowest BCUT2D eigenvalue weighted by atomic mass is 10.0. The number of thiocarbonyl (C=S) groups is 1. The van der Waals surface area contributed by atoms with Crippen molar-refractivity contribution in [2.45, 2.75) is 25.9 Å². The maximum atomic E-state index is 12.2. The Kier molecular flexibility index (Phi) is 5.73. The van der Waals surface area contributed by atoms with Crippen molar-refractivity contribution in [3.63, 3.8) is 0 Å². The van der Waals surface area contributed by atoms with E-state index in [1.165, 1.54) is 5.56 Å². The Morgan fingerprint density at radius 2 is 2.08 bits per heavy atom. The number of benzene rings is 1. The largest absolute Gasteiger partial charge is 0.442 e. The molecule has 2 aliphatic rings. The van der Waals surface area contributed by atoms with Gasteiger partial charge in [0, 0.05) is 18.8 Å². The number of hydrogen-bond acceptors (Lipinski definition) is 5. The Bertz CT molecular complexity index is 724. The van der Waals surface area contributed by atoms with Crippen LogP contribution in [0.3, 0.4) is 0 Å². The number of ether oxygens (including phenoxy) is 1. The molecule has 0 unspecified atom stereocenters. The van der Waals surface area contributed by atoms with E-state index in [2.05, 4.69) is 5.32 Å². The number of nitrogens with one attached hydrogen (secondary N) is 1. The van der Waals surface area contributed by atoms with Crippen molar-refractivity contribution in [2.24, 2.45) is 0 Å². The minimum absolute atomic E-state index is 0.239. The lowest BCUT2D eigenvalue weighted by molar-refractivity contribution is -0.134. The summed E-state index contributed by atoms with van der Waals surface area (Å²) in [6, 6.07) is 5.94. The molecule has 0 bridgehead atoms. The van der Waals surface area contributed by atoms with Crippen LogP contribution >= 0.6 is 12.2 Å². The normalized spacial score (nSPS) is 19.6. The number of fused-ring (bicyclic) bond motifs is 1. The number of aliphatic hydroxyl groups is 1. The molecule has 2 amide bonds. The maximum absolute atomic E-state index is 12.2. The quantitative estimate of drug-likeness (QED) is 0.758. The van der Waals surface area contributed by atoms with Crippen molar-refractivity contribution in [1.29, 1.82) is 0 Å². The third-order valence-corrected chi connectivity index (χ3v) is 4.89. The number of nitrogens with zero attached hydrogens (tertiary/aromatic N) is 2. The predicted molar refractivity (Wildman–Crippen MR) is 101 cm³/mol. The first kappa shape index (κ1) is 18.6. The number of anilines is 1. The summed E-state index contributed by atoms with van der Waals surface area (Å²) in [4.78, 5) is 27.9.